The zero-order valence-electron chi connectivity index (χ0n) is 22.0. The lowest BCUT2D eigenvalue weighted by Gasteiger charge is -2.39. The predicted octanol–water partition coefficient (Wildman–Crippen LogP) is 3.42. The number of aromatic nitrogens is 2. The van der Waals surface area contributed by atoms with Crippen LogP contribution in [0.1, 0.15) is 39.2 Å². The highest BCUT2D eigenvalue weighted by Crippen LogP contribution is 2.37. The van der Waals surface area contributed by atoms with Gasteiger partial charge >= 0.3 is 0 Å². The number of hydrogen-bond donors (Lipinski definition) is 1. The van der Waals surface area contributed by atoms with Crippen molar-refractivity contribution in [3.63, 3.8) is 0 Å². The van der Waals surface area contributed by atoms with Crippen molar-refractivity contribution in [1.29, 1.82) is 0 Å². The normalized spacial score (nSPS) is 26.1. The molecular formula is C21H24F3N5O2. The molecule has 2 heterocycles. The Morgan fingerprint density at radius 1 is 1.29 bits per heavy atom. The molecule has 166 valence electrons. The van der Waals surface area contributed by atoms with Crippen molar-refractivity contribution < 1.29 is 29.6 Å². The van der Waals surface area contributed by atoms with Crippen LogP contribution in [0.15, 0.2) is 12.1 Å². The second-order valence-electron chi connectivity index (χ2n) is 7.63. The summed E-state index contributed by atoms with van der Waals surface area (Å²) in [6.45, 7) is -3.06. The third-order valence-corrected chi connectivity index (χ3v) is 5.56. The lowest BCUT2D eigenvalue weighted by molar-refractivity contribution is -0.119. The molecule has 1 aliphatic carbocycles. The Labute approximate surface area is 185 Å². The summed E-state index contributed by atoms with van der Waals surface area (Å²) >= 11 is 0. The second-order valence-corrected chi connectivity index (χ2v) is 7.63. The third-order valence-electron chi connectivity index (χ3n) is 5.56. The van der Waals surface area contributed by atoms with Crippen LogP contribution >= 0.6 is 0 Å². The fourth-order valence-electron chi connectivity index (χ4n) is 3.64. The SMILES string of the molecule is [2H]C([2H])([2H])C([2H])([2H])N1C(=O)[C@H](C)N(C)c2nc(N[C@H]3C[C@H](Oc4cc(F)c(F)c(F)c4)C3)nc(C)c21. The Bertz CT molecular complexity index is 1190. The molecule has 0 saturated heterocycles. The first kappa shape index (κ1) is 15.7. The van der Waals surface area contributed by atoms with Crippen molar-refractivity contribution in [2.75, 3.05) is 28.7 Å². The maximum atomic E-state index is 13.4. The number of carbonyl (C=O) groups excluding carboxylic acids is 1. The highest BCUT2D eigenvalue weighted by molar-refractivity contribution is 6.05. The number of halogens is 3. The highest BCUT2D eigenvalue weighted by Gasteiger charge is 2.37. The van der Waals surface area contributed by atoms with E-state index in [9.17, 15) is 18.0 Å². The topological polar surface area (TPSA) is 70.6 Å². The molecule has 1 aliphatic heterocycles. The summed E-state index contributed by atoms with van der Waals surface area (Å²) in [6, 6.07) is 0.504. The average Bonchev–Trinajstić information content (AvgIpc) is 2.74. The van der Waals surface area contributed by atoms with E-state index < -0.39 is 42.7 Å². The van der Waals surface area contributed by atoms with E-state index in [1.165, 1.54) is 18.7 Å². The molecule has 2 aromatic rings. The fraction of sp³-hybridized carbons (Fsp3) is 0.476. The number of carbonyl (C=O) groups is 1. The number of likely N-dealkylation sites (N-methyl/N-ethyl adjacent to an activating group) is 2. The number of aryl methyl sites for hydroxylation is 1. The number of nitrogens with zero attached hydrogens (tertiary/aromatic N) is 4. The van der Waals surface area contributed by atoms with Gasteiger partial charge in [0.2, 0.25) is 11.9 Å². The van der Waals surface area contributed by atoms with Gasteiger partial charge in [0.1, 0.15) is 23.6 Å². The second kappa shape index (κ2) is 7.90. The van der Waals surface area contributed by atoms with E-state index in [4.69, 9.17) is 11.6 Å². The number of hydrogen-bond acceptors (Lipinski definition) is 6. The number of rotatable bonds is 5. The van der Waals surface area contributed by atoms with Gasteiger partial charge in [0.05, 0.1) is 5.69 Å². The first-order chi connectivity index (χ1) is 16.6. The van der Waals surface area contributed by atoms with E-state index in [1.54, 1.807) is 7.05 Å². The molecule has 1 aromatic carbocycles. The lowest BCUT2D eigenvalue weighted by Crippen LogP contribution is -2.51. The Morgan fingerprint density at radius 2 is 1.97 bits per heavy atom. The van der Waals surface area contributed by atoms with Crippen LogP contribution in [0.2, 0.25) is 0 Å². The number of fused-ring (bicyclic) bond motifs is 1. The van der Waals surface area contributed by atoms with E-state index in [-0.39, 0.29) is 41.0 Å². The molecule has 4 rings (SSSR count). The van der Waals surface area contributed by atoms with Crippen molar-refractivity contribution in [2.45, 2.75) is 51.7 Å². The molecule has 0 spiro atoms. The van der Waals surface area contributed by atoms with Crippen LogP contribution in [0.3, 0.4) is 0 Å². The molecule has 7 nitrogen and oxygen atoms in total. The largest absolute Gasteiger partial charge is 0.490 e. The molecular weight excluding hydrogens is 411 g/mol. The molecule has 1 aromatic heterocycles. The summed E-state index contributed by atoms with van der Waals surface area (Å²) in [6.07, 6.45) is 0.477. The summed E-state index contributed by atoms with van der Waals surface area (Å²) in [5.74, 6) is -4.74. The molecule has 0 radical (unpaired) electrons. The summed E-state index contributed by atoms with van der Waals surface area (Å²) in [5.41, 5.74) is 0.176. The van der Waals surface area contributed by atoms with E-state index in [0.29, 0.717) is 17.7 Å². The first-order valence-electron chi connectivity index (χ1n) is 12.1. The molecule has 1 fully saturated rings. The van der Waals surface area contributed by atoms with Crippen LogP contribution < -0.4 is 19.9 Å². The molecule has 1 N–H and O–H groups in total. The van der Waals surface area contributed by atoms with E-state index in [0.717, 1.165) is 12.1 Å². The van der Waals surface area contributed by atoms with Gasteiger partial charge in [-0.2, -0.15) is 4.98 Å². The van der Waals surface area contributed by atoms with Crippen LogP contribution in [-0.2, 0) is 4.79 Å². The molecule has 2 aliphatic rings. The quantitative estimate of drug-likeness (QED) is 0.719. The van der Waals surface area contributed by atoms with Crippen molar-refractivity contribution in [2.24, 2.45) is 0 Å². The van der Waals surface area contributed by atoms with Crippen molar-refractivity contribution >= 4 is 23.4 Å². The Hall–Kier alpha value is -3.04. The zero-order chi connectivity index (χ0) is 26.7. The van der Waals surface area contributed by atoms with Crippen molar-refractivity contribution in [1.82, 2.24) is 9.97 Å². The average molecular weight is 440 g/mol. The summed E-state index contributed by atoms with van der Waals surface area (Å²) in [4.78, 5) is 23.8. The minimum absolute atomic E-state index is 0.0255. The predicted molar refractivity (Wildman–Crippen MR) is 110 cm³/mol. The number of anilines is 3. The van der Waals surface area contributed by atoms with Crippen LogP contribution in [0.5, 0.6) is 5.75 Å². The van der Waals surface area contributed by atoms with Gasteiger partial charge in [0.15, 0.2) is 23.3 Å². The molecule has 10 heteroatoms. The van der Waals surface area contributed by atoms with Gasteiger partial charge in [-0.25, -0.2) is 18.2 Å². The molecule has 1 saturated carbocycles. The minimum Gasteiger partial charge on any atom is -0.490 e. The van der Waals surface area contributed by atoms with Gasteiger partial charge in [0, 0.05) is 51.4 Å². The molecule has 0 bridgehead atoms. The minimum atomic E-state index is -3.11. The lowest BCUT2D eigenvalue weighted by atomic mass is 9.89. The monoisotopic (exact) mass is 440 g/mol. The molecule has 31 heavy (non-hydrogen) atoms. The fourth-order valence-corrected chi connectivity index (χ4v) is 3.64. The van der Waals surface area contributed by atoms with Gasteiger partial charge in [-0.1, -0.05) is 0 Å². The Balaban J connectivity index is 1.53. The van der Waals surface area contributed by atoms with Gasteiger partial charge in [-0.15, -0.1) is 0 Å². The first-order valence-corrected chi connectivity index (χ1v) is 9.65. The maximum Gasteiger partial charge on any atom is 0.249 e. The van der Waals surface area contributed by atoms with E-state index >= 15 is 0 Å². The Kier molecular flexibility index (Phi) is 4.00. The molecule has 1 atom stereocenters. The van der Waals surface area contributed by atoms with E-state index in [1.807, 2.05) is 0 Å². The molecule has 1 amide bonds. The van der Waals surface area contributed by atoms with Crippen LogP contribution in [0.25, 0.3) is 0 Å². The maximum absolute atomic E-state index is 13.4. The van der Waals surface area contributed by atoms with Crippen LogP contribution in [-0.4, -0.2) is 47.6 Å². The van der Waals surface area contributed by atoms with Crippen LogP contribution in [0.4, 0.5) is 30.6 Å². The van der Waals surface area contributed by atoms with Crippen molar-refractivity contribution in [3.8, 4) is 5.75 Å². The van der Waals surface area contributed by atoms with Crippen molar-refractivity contribution in [3.05, 3.63) is 35.3 Å². The standard InChI is InChI=1S/C21H24F3N5O2/c1-5-29-18-10(2)25-21(27-19(18)28(4)11(3)20(29)30)26-12-6-13(7-12)31-14-8-15(22)17(24)16(23)9-14/h8-9,11-13H,5-7H2,1-4H3,(H,25,26,27)/t11-,12-,13-/m0/s1/i1D3,5D2. The van der Waals surface area contributed by atoms with E-state index in [2.05, 4.69) is 15.3 Å². The van der Waals surface area contributed by atoms with Gasteiger partial charge in [-0.05, 0) is 20.7 Å². The summed E-state index contributed by atoms with van der Waals surface area (Å²) in [5, 5.41) is 3.10. The van der Waals surface area contributed by atoms with Gasteiger partial charge in [0.25, 0.3) is 0 Å². The number of ether oxygens (including phenoxy) is 1. The highest BCUT2D eigenvalue weighted by atomic mass is 19.2. The zero-order valence-corrected chi connectivity index (χ0v) is 17.0. The number of benzene rings is 1. The van der Waals surface area contributed by atoms with Crippen LogP contribution in [0, 0.1) is 24.4 Å². The van der Waals surface area contributed by atoms with Gasteiger partial charge in [-0.3, -0.25) is 4.79 Å². The summed E-state index contributed by atoms with van der Waals surface area (Å²) < 4.78 is 84.6. The number of nitrogens with one attached hydrogen (secondary N) is 1. The smallest absolute Gasteiger partial charge is 0.249 e. The summed E-state index contributed by atoms with van der Waals surface area (Å²) in [7, 11) is 1.59. The third kappa shape index (κ3) is 3.75. The number of amides is 1. The Morgan fingerprint density at radius 3 is 2.61 bits per heavy atom. The molecule has 0 unspecified atom stereocenters. The van der Waals surface area contributed by atoms with Gasteiger partial charge < -0.3 is 19.9 Å².